The van der Waals surface area contributed by atoms with Gasteiger partial charge in [0.1, 0.15) is 16.5 Å². The maximum Gasteiger partial charge on any atom is 0.254 e. The molecule has 8 heteroatoms. The van der Waals surface area contributed by atoms with Gasteiger partial charge in [0.15, 0.2) is 0 Å². The lowest BCUT2D eigenvalue weighted by Gasteiger charge is -2.29. The number of nitrogens with zero attached hydrogens (tertiary/aromatic N) is 1. The minimum Gasteiger partial charge on any atom is -0.495 e. The molecule has 2 aromatic rings. The predicted octanol–water partition coefficient (Wildman–Crippen LogP) is 4.52. The molecule has 0 saturated heterocycles. The molecule has 174 valence electrons. The van der Waals surface area contributed by atoms with Crippen LogP contribution in [0.3, 0.4) is 0 Å². The van der Waals surface area contributed by atoms with Crippen molar-refractivity contribution < 1.29 is 22.3 Å². The van der Waals surface area contributed by atoms with Gasteiger partial charge in [-0.15, -0.1) is 0 Å². The largest absolute Gasteiger partial charge is 0.495 e. The molecule has 3 unspecified atom stereocenters. The first kappa shape index (κ1) is 24.2. The Balaban J connectivity index is 1.87. The van der Waals surface area contributed by atoms with E-state index in [1.54, 1.807) is 25.2 Å². The van der Waals surface area contributed by atoms with Crippen molar-refractivity contribution in [2.45, 2.75) is 56.5 Å². The second-order valence-corrected chi connectivity index (χ2v) is 10.2. The Bertz CT molecular complexity index is 1060. The number of ether oxygens (including phenoxy) is 1. The fourth-order valence-corrected chi connectivity index (χ4v) is 5.69. The summed E-state index contributed by atoms with van der Waals surface area (Å²) in [4.78, 5) is 14.6. The first-order valence-corrected chi connectivity index (χ1v) is 12.4. The van der Waals surface area contributed by atoms with Crippen LogP contribution in [0, 0.1) is 11.7 Å². The minimum atomic E-state index is -3.88. The quantitative estimate of drug-likeness (QED) is 0.656. The number of sulfonamides is 1. The Labute approximate surface area is 189 Å². The summed E-state index contributed by atoms with van der Waals surface area (Å²) in [6, 6.07) is 9.90. The summed E-state index contributed by atoms with van der Waals surface area (Å²) in [6.07, 6.45) is 3.86. The van der Waals surface area contributed by atoms with E-state index in [4.69, 9.17) is 4.74 Å². The minimum absolute atomic E-state index is 0.0496. The predicted molar refractivity (Wildman–Crippen MR) is 122 cm³/mol. The molecule has 1 fully saturated rings. The van der Waals surface area contributed by atoms with Crippen LogP contribution >= 0.6 is 0 Å². The topological polar surface area (TPSA) is 75.7 Å². The van der Waals surface area contributed by atoms with Crippen molar-refractivity contribution in [1.29, 1.82) is 0 Å². The highest BCUT2D eigenvalue weighted by Crippen LogP contribution is 2.30. The Hall–Kier alpha value is -2.45. The fourth-order valence-electron chi connectivity index (χ4n) is 4.12. The lowest BCUT2D eigenvalue weighted by Crippen LogP contribution is -2.41. The molecule has 0 heterocycles. The molecular formula is C24H31FN2O4S. The molecule has 0 bridgehead atoms. The van der Waals surface area contributed by atoms with E-state index >= 15 is 0 Å². The van der Waals surface area contributed by atoms with Gasteiger partial charge in [0.25, 0.3) is 5.91 Å². The van der Waals surface area contributed by atoms with E-state index < -0.39 is 10.0 Å². The average molecular weight is 463 g/mol. The SMILES string of the molecule is COc1ccc(C(=O)N(C)C(C)c2ccc(F)cc2)cc1S(=O)(=O)NC1CCCCC1C. The number of amides is 1. The molecule has 0 spiro atoms. The van der Waals surface area contributed by atoms with Crippen molar-refractivity contribution in [3.8, 4) is 5.75 Å². The smallest absolute Gasteiger partial charge is 0.254 e. The standard InChI is InChI=1S/C24H31FN2O4S/c1-16-7-5-6-8-21(16)26-32(29,30)23-15-19(11-14-22(23)31-4)24(28)27(3)17(2)18-9-12-20(25)13-10-18/h9-17,21,26H,5-8H2,1-4H3. The van der Waals surface area contributed by atoms with Gasteiger partial charge in [-0.2, -0.15) is 0 Å². The molecule has 0 radical (unpaired) electrons. The van der Waals surface area contributed by atoms with Gasteiger partial charge >= 0.3 is 0 Å². The number of methoxy groups -OCH3 is 1. The van der Waals surface area contributed by atoms with Crippen molar-refractivity contribution in [1.82, 2.24) is 9.62 Å². The molecule has 1 N–H and O–H groups in total. The van der Waals surface area contributed by atoms with Crippen LogP contribution in [0.25, 0.3) is 0 Å². The van der Waals surface area contributed by atoms with Crippen LogP contribution in [-0.2, 0) is 10.0 Å². The highest BCUT2D eigenvalue weighted by Gasteiger charge is 2.30. The summed E-state index contributed by atoms with van der Waals surface area (Å²) >= 11 is 0. The van der Waals surface area contributed by atoms with Crippen LogP contribution in [0.15, 0.2) is 47.4 Å². The zero-order chi connectivity index (χ0) is 23.5. The third-order valence-electron chi connectivity index (χ3n) is 6.37. The summed E-state index contributed by atoms with van der Waals surface area (Å²) in [7, 11) is -0.842. The lowest BCUT2D eigenvalue weighted by molar-refractivity contribution is 0.0742. The number of benzene rings is 2. The number of nitrogens with one attached hydrogen (secondary N) is 1. The zero-order valence-corrected chi connectivity index (χ0v) is 19.8. The van der Waals surface area contributed by atoms with E-state index in [1.807, 2.05) is 6.92 Å². The Morgan fingerprint density at radius 2 is 1.81 bits per heavy atom. The van der Waals surface area contributed by atoms with Crippen LogP contribution in [0.4, 0.5) is 4.39 Å². The van der Waals surface area contributed by atoms with Crippen LogP contribution in [0.1, 0.15) is 61.5 Å². The number of hydrogen-bond donors (Lipinski definition) is 1. The van der Waals surface area contributed by atoms with E-state index in [9.17, 15) is 17.6 Å². The number of rotatable bonds is 7. The van der Waals surface area contributed by atoms with Gasteiger partial charge in [0.2, 0.25) is 10.0 Å². The van der Waals surface area contributed by atoms with Gasteiger partial charge in [-0.25, -0.2) is 17.5 Å². The summed E-state index contributed by atoms with van der Waals surface area (Å²) in [5.74, 6) is -0.254. The molecule has 3 rings (SSSR count). The second kappa shape index (κ2) is 10.0. The third-order valence-corrected chi connectivity index (χ3v) is 7.88. The van der Waals surface area contributed by atoms with Gasteiger partial charge in [0.05, 0.1) is 13.2 Å². The summed E-state index contributed by atoms with van der Waals surface area (Å²) in [5.41, 5.74) is 1.01. The van der Waals surface area contributed by atoms with E-state index in [2.05, 4.69) is 11.6 Å². The highest BCUT2D eigenvalue weighted by atomic mass is 32.2. The molecule has 2 aromatic carbocycles. The van der Waals surface area contributed by atoms with E-state index in [-0.39, 0.29) is 45.9 Å². The number of halogens is 1. The van der Waals surface area contributed by atoms with Crippen LogP contribution in [0.5, 0.6) is 5.75 Å². The maximum absolute atomic E-state index is 13.2. The van der Waals surface area contributed by atoms with Crippen molar-refractivity contribution in [3.63, 3.8) is 0 Å². The van der Waals surface area contributed by atoms with Crippen LogP contribution in [0.2, 0.25) is 0 Å². The summed E-state index contributed by atoms with van der Waals surface area (Å²) in [6.45, 7) is 3.88. The molecule has 32 heavy (non-hydrogen) atoms. The fraction of sp³-hybridized carbons (Fsp3) is 0.458. The van der Waals surface area contributed by atoms with Gasteiger partial charge in [-0.05, 0) is 61.6 Å². The van der Waals surface area contributed by atoms with E-state index in [0.29, 0.717) is 0 Å². The van der Waals surface area contributed by atoms with Gasteiger partial charge in [-0.3, -0.25) is 4.79 Å². The van der Waals surface area contributed by atoms with Crippen molar-refractivity contribution in [2.75, 3.05) is 14.2 Å². The van der Waals surface area contributed by atoms with Crippen LogP contribution in [-0.4, -0.2) is 39.4 Å². The van der Waals surface area contributed by atoms with Crippen molar-refractivity contribution >= 4 is 15.9 Å². The number of carbonyl (C=O) groups excluding carboxylic acids is 1. The molecule has 3 atom stereocenters. The second-order valence-electron chi connectivity index (χ2n) is 8.50. The maximum atomic E-state index is 13.2. The Morgan fingerprint density at radius 3 is 2.44 bits per heavy atom. The molecule has 1 amide bonds. The third kappa shape index (κ3) is 5.30. The van der Waals surface area contributed by atoms with Gasteiger partial charge in [-0.1, -0.05) is 31.9 Å². The van der Waals surface area contributed by atoms with E-state index in [0.717, 1.165) is 31.2 Å². The molecule has 1 saturated carbocycles. The number of hydrogen-bond acceptors (Lipinski definition) is 4. The first-order chi connectivity index (χ1) is 15.1. The average Bonchev–Trinajstić information content (AvgIpc) is 2.79. The monoisotopic (exact) mass is 462 g/mol. The lowest BCUT2D eigenvalue weighted by atomic mass is 9.87. The highest BCUT2D eigenvalue weighted by molar-refractivity contribution is 7.89. The van der Waals surface area contributed by atoms with Gasteiger partial charge in [0, 0.05) is 18.7 Å². The Kier molecular flexibility index (Phi) is 7.56. The van der Waals surface area contributed by atoms with Crippen LogP contribution < -0.4 is 9.46 Å². The summed E-state index contributed by atoms with van der Waals surface area (Å²) < 4.78 is 47.8. The van der Waals surface area contributed by atoms with Crippen molar-refractivity contribution in [3.05, 3.63) is 59.4 Å². The molecule has 1 aliphatic carbocycles. The first-order valence-electron chi connectivity index (χ1n) is 10.9. The van der Waals surface area contributed by atoms with Crippen molar-refractivity contribution in [2.24, 2.45) is 5.92 Å². The molecular weight excluding hydrogens is 431 g/mol. The zero-order valence-electron chi connectivity index (χ0n) is 19.0. The molecule has 1 aliphatic rings. The molecule has 0 aromatic heterocycles. The van der Waals surface area contributed by atoms with E-state index in [1.165, 1.54) is 36.3 Å². The molecule has 0 aliphatic heterocycles. The van der Waals surface area contributed by atoms with Gasteiger partial charge < -0.3 is 9.64 Å². The molecule has 6 nitrogen and oxygen atoms in total. The number of carbonyl (C=O) groups is 1. The normalized spacial score (nSPS) is 19.9. The Morgan fingerprint density at radius 1 is 1.16 bits per heavy atom. The summed E-state index contributed by atoms with van der Waals surface area (Å²) in [5, 5.41) is 0.